The predicted molar refractivity (Wildman–Crippen MR) is 99.0 cm³/mol. The van der Waals surface area contributed by atoms with E-state index in [1.54, 1.807) is 12.1 Å². The van der Waals surface area contributed by atoms with Crippen molar-refractivity contribution in [3.8, 4) is 0 Å². The Hall–Kier alpha value is -1.88. The van der Waals surface area contributed by atoms with Gasteiger partial charge < -0.3 is 5.32 Å². The summed E-state index contributed by atoms with van der Waals surface area (Å²) in [5.41, 5.74) is 2.61. The first-order valence-electron chi connectivity index (χ1n) is 8.16. The lowest BCUT2D eigenvalue weighted by Crippen LogP contribution is -2.92. The highest BCUT2D eigenvalue weighted by atomic mass is 35.5. The quantitative estimate of drug-likeness (QED) is 0.814. The second-order valence-electron chi connectivity index (χ2n) is 6.21. The summed E-state index contributed by atoms with van der Waals surface area (Å²) in [6.07, 6.45) is 1.02. The Bertz CT molecular complexity index is 806. The van der Waals surface area contributed by atoms with Crippen LogP contribution in [0.25, 0.3) is 0 Å². The summed E-state index contributed by atoms with van der Waals surface area (Å²) < 4.78 is 0. The molecule has 0 saturated carbocycles. The fourth-order valence-electron chi connectivity index (χ4n) is 2.93. The van der Waals surface area contributed by atoms with Crippen LogP contribution in [0.4, 0.5) is 5.69 Å². The third-order valence-corrected chi connectivity index (χ3v) is 5.05. The van der Waals surface area contributed by atoms with Gasteiger partial charge in [-0.3, -0.25) is 9.59 Å². The summed E-state index contributed by atoms with van der Waals surface area (Å²) in [7, 11) is 0. The molecule has 1 atom stereocenters. The van der Waals surface area contributed by atoms with Crippen molar-refractivity contribution in [3.05, 3.63) is 63.6 Å². The van der Waals surface area contributed by atoms with Gasteiger partial charge in [-0.25, -0.2) is 4.90 Å². The third kappa shape index (κ3) is 4.03. The number of hydrogen-bond acceptors (Lipinski definition) is 2. The molecule has 130 valence electrons. The maximum Gasteiger partial charge on any atom is 0.292 e. The minimum absolute atomic E-state index is 0.180. The zero-order valence-corrected chi connectivity index (χ0v) is 15.3. The van der Waals surface area contributed by atoms with Crippen molar-refractivity contribution in [2.75, 3.05) is 11.4 Å². The number of imide groups is 1. The normalized spacial score (nSPS) is 17.4. The van der Waals surface area contributed by atoms with Crippen LogP contribution >= 0.6 is 23.2 Å². The third-order valence-electron chi connectivity index (χ3n) is 4.39. The number of benzene rings is 2. The molecular formula is C19H19Cl2N2O2+. The van der Waals surface area contributed by atoms with Gasteiger partial charge in [-0.05, 0) is 42.3 Å². The van der Waals surface area contributed by atoms with Crippen LogP contribution in [0.15, 0.2) is 42.5 Å². The zero-order chi connectivity index (χ0) is 18.0. The van der Waals surface area contributed by atoms with Crippen LogP contribution in [-0.2, 0) is 16.0 Å². The van der Waals surface area contributed by atoms with Gasteiger partial charge in [-0.2, -0.15) is 0 Å². The Labute approximate surface area is 156 Å². The van der Waals surface area contributed by atoms with Gasteiger partial charge in [0.05, 0.1) is 18.7 Å². The Morgan fingerprint density at radius 2 is 1.84 bits per heavy atom. The number of nitrogens with zero attached hydrogens (tertiary/aromatic N) is 1. The van der Waals surface area contributed by atoms with Gasteiger partial charge in [0, 0.05) is 16.5 Å². The van der Waals surface area contributed by atoms with Gasteiger partial charge in [-0.1, -0.05) is 41.4 Å². The van der Waals surface area contributed by atoms with Gasteiger partial charge in [0.1, 0.15) is 0 Å². The van der Waals surface area contributed by atoms with E-state index in [4.69, 9.17) is 23.2 Å². The molecule has 0 unspecified atom stereocenters. The number of rotatable bonds is 5. The molecule has 6 heteroatoms. The summed E-state index contributed by atoms with van der Waals surface area (Å²) >= 11 is 12.0. The van der Waals surface area contributed by atoms with Crippen LogP contribution in [0.2, 0.25) is 10.0 Å². The molecule has 1 aliphatic heterocycles. The summed E-state index contributed by atoms with van der Waals surface area (Å²) in [6, 6.07) is 12.5. The van der Waals surface area contributed by atoms with E-state index >= 15 is 0 Å². The Morgan fingerprint density at radius 1 is 1.12 bits per heavy atom. The van der Waals surface area contributed by atoms with Crippen molar-refractivity contribution in [2.45, 2.75) is 25.8 Å². The maximum atomic E-state index is 12.6. The number of carbonyl (C=O) groups excluding carboxylic acids is 2. The molecule has 0 spiro atoms. The molecule has 25 heavy (non-hydrogen) atoms. The van der Waals surface area contributed by atoms with Gasteiger partial charge in [-0.15, -0.1) is 0 Å². The number of amides is 2. The minimum Gasteiger partial charge on any atom is -0.335 e. The van der Waals surface area contributed by atoms with Crippen molar-refractivity contribution in [1.82, 2.24) is 0 Å². The lowest BCUT2D eigenvalue weighted by molar-refractivity contribution is -0.674. The molecule has 1 heterocycles. The Balaban J connectivity index is 1.62. The fraction of sp³-hybridized carbons (Fsp3) is 0.263. The molecular weight excluding hydrogens is 359 g/mol. The van der Waals surface area contributed by atoms with E-state index in [0.717, 1.165) is 24.1 Å². The zero-order valence-electron chi connectivity index (χ0n) is 13.8. The van der Waals surface area contributed by atoms with Gasteiger partial charge in [0.15, 0.2) is 6.04 Å². The Kier molecular flexibility index (Phi) is 5.42. The highest BCUT2D eigenvalue weighted by molar-refractivity contribution is 6.32. The number of halogens is 2. The van der Waals surface area contributed by atoms with E-state index in [2.05, 4.69) is 0 Å². The second-order valence-corrected chi connectivity index (χ2v) is 7.06. The van der Waals surface area contributed by atoms with Crippen molar-refractivity contribution < 1.29 is 14.9 Å². The average Bonchev–Trinajstić information content (AvgIpc) is 2.86. The van der Waals surface area contributed by atoms with Gasteiger partial charge >= 0.3 is 0 Å². The molecule has 4 nitrogen and oxygen atoms in total. The van der Waals surface area contributed by atoms with E-state index in [-0.39, 0.29) is 24.3 Å². The molecule has 2 amide bonds. The monoisotopic (exact) mass is 377 g/mol. The van der Waals surface area contributed by atoms with Gasteiger partial charge in [0.2, 0.25) is 5.91 Å². The van der Waals surface area contributed by atoms with Crippen LogP contribution in [0.1, 0.15) is 17.5 Å². The first-order valence-corrected chi connectivity index (χ1v) is 8.92. The number of nitrogens with two attached hydrogens (primary N) is 1. The van der Waals surface area contributed by atoms with Crippen molar-refractivity contribution >= 4 is 40.7 Å². The van der Waals surface area contributed by atoms with E-state index in [1.165, 1.54) is 4.90 Å². The van der Waals surface area contributed by atoms with Crippen molar-refractivity contribution in [1.29, 1.82) is 0 Å². The number of aryl methyl sites for hydroxylation is 1. The Morgan fingerprint density at radius 3 is 2.52 bits per heavy atom. The molecule has 0 aliphatic carbocycles. The lowest BCUT2D eigenvalue weighted by atomic mass is 10.1. The predicted octanol–water partition coefficient (Wildman–Crippen LogP) is 2.74. The molecule has 3 rings (SSSR count). The summed E-state index contributed by atoms with van der Waals surface area (Å²) in [4.78, 5) is 26.1. The fourth-order valence-corrected chi connectivity index (χ4v) is 3.23. The van der Waals surface area contributed by atoms with E-state index in [9.17, 15) is 9.59 Å². The van der Waals surface area contributed by atoms with Crippen LogP contribution in [0.3, 0.4) is 0 Å². The molecule has 0 aromatic heterocycles. The first kappa shape index (κ1) is 17.9. The standard InChI is InChI=1S/C19H18Cl2N2O2/c1-12-2-7-15(10-16(12)21)23-18(24)11-17(19(23)25)22-9-8-13-3-5-14(20)6-4-13/h2-7,10,17,22H,8-9,11H2,1H3/p+1/t17-/m1/s1. The topological polar surface area (TPSA) is 54.0 Å². The van der Waals surface area contributed by atoms with Gasteiger partial charge in [0.25, 0.3) is 5.91 Å². The SMILES string of the molecule is Cc1ccc(N2C(=O)C[C@@H]([NH2+]CCc3ccc(Cl)cc3)C2=O)cc1Cl. The van der Waals surface area contributed by atoms with Crippen LogP contribution in [0, 0.1) is 6.92 Å². The molecule has 1 saturated heterocycles. The number of hydrogen-bond donors (Lipinski definition) is 1. The van der Waals surface area contributed by atoms with Crippen LogP contribution in [-0.4, -0.2) is 24.4 Å². The lowest BCUT2D eigenvalue weighted by Gasteiger charge is -2.15. The molecule has 2 aromatic rings. The highest BCUT2D eigenvalue weighted by Gasteiger charge is 2.42. The maximum absolute atomic E-state index is 12.6. The van der Waals surface area contributed by atoms with Crippen LogP contribution in [0.5, 0.6) is 0 Å². The second kappa shape index (κ2) is 7.56. The highest BCUT2D eigenvalue weighted by Crippen LogP contribution is 2.26. The molecule has 0 radical (unpaired) electrons. The molecule has 0 bridgehead atoms. The average molecular weight is 378 g/mol. The molecule has 2 aromatic carbocycles. The van der Waals surface area contributed by atoms with E-state index in [0.29, 0.717) is 15.7 Å². The molecule has 1 aliphatic rings. The first-order chi connectivity index (χ1) is 12.0. The largest absolute Gasteiger partial charge is 0.335 e. The van der Waals surface area contributed by atoms with Crippen LogP contribution < -0.4 is 10.2 Å². The van der Waals surface area contributed by atoms with Crippen molar-refractivity contribution in [2.24, 2.45) is 0 Å². The van der Waals surface area contributed by atoms with E-state index in [1.807, 2.05) is 42.6 Å². The summed E-state index contributed by atoms with van der Waals surface area (Å²) in [6.45, 7) is 2.61. The minimum atomic E-state index is -0.375. The van der Waals surface area contributed by atoms with E-state index < -0.39 is 0 Å². The smallest absolute Gasteiger partial charge is 0.292 e. The number of anilines is 1. The van der Waals surface area contributed by atoms with Crippen molar-refractivity contribution in [3.63, 3.8) is 0 Å². The summed E-state index contributed by atoms with van der Waals surface area (Å²) in [5.74, 6) is -0.362. The summed E-state index contributed by atoms with van der Waals surface area (Å²) in [5, 5.41) is 3.19. The molecule has 1 fully saturated rings. The number of carbonyl (C=O) groups is 2. The molecule has 2 N–H and O–H groups in total. The number of quaternary nitrogens is 1.